The Labute approximate surface area is 131 Å². The van der Waals surface area contributed by atoms with Crippen molar-refractivity contribution < 1.29 is 0 Å². The van der Waals surface area contributed by atoms with Gasteiger partial charge in [0, 0.05) is 12.1 Å². The second-order valence-corrected chi connectivity index (χ2v) is 8.17. The molecule has 0 aliphatic heterocycles. The van der Waals surface area contributed by atoms with E-state index in [-0.39, 0.29) is 5.41 Å². The molecule has 1 aliphatic rings. The molecule has 0 amide bonds. The van der Waals surface area contributed by atoms with Crippen molar-refractivity contribution in [2.45, 2.75) is 78.3 Å². The first-order valence-corrected chi connectivity index (χ1v) is 8.65. The first-order chi connectivity index (χ1) is 9.79. The molecule has 1 nitrogen and oxygen atoms in total. The van der Waals surface area contributed by atoms with Gasteiger partial charge in [0.25, 0.3) is 0 Å². The van der Waals surface area contributed by atoms with Crippen LogP contribution in [0.3, 0.4) is 0 Å². The summed E-state index contributed by atoms with van der Waals surface area (Å²) in [5.74, 6) is 1.59. The van der Waals surface area contributed by atoms with Gasteiger partial charge >= 0.3 is 0 Å². The van der Waals surface area contributed by atoms with Gasteiger partial charge in [-0.25, -0.2) is 0 Å². The van der Waals surface area contributed by atoms with E-state index < -0.39 is 0 Å². The number of hydrogen-bond acceptors (Lipinski definition) is 1. The van der Waals surface area contributed by atoms with Crippen LogP contribution in [0.15, 0.2) is 24.3 Å². The van der Waals surface area contributed by atoms with Crippen LogP contribution in [0.1, 0.15) is 78.0 Å². The standard InChI is InChI=1S/C20H33N/c1-14-8-7-9-15(2)19(14)21-16(3)17-10-12-18(13-11-17)20(4,5)6/h10-16,19,21H,7-9H2,1-6H3. The Hall–Kier alpha value is -0.820. The van der Waals surface area contributed by atoms with Crippen LogP contribution >= 0.6 is 0 Å². The summed E-state index contributed by atoms with van der Waals surface area (Å²) in [5, 5.41) is 3.89. The van der Waals surface area contributed by atoms with E-state index in [1.807, 2.05) is 0 Å². The Morgan fingerprint density at radius 1 is 1.00 bits per heavy atom. The first-order valence-electron chi connectivity index (χ1n) is 8.65. The van der Waals surface area contributed by atoms with Gasteiger partial charge < -0.3 is 5.32 Å². The predicted octanol–water partition coefficient (Wildman–Crippen LogP) is 5.46. The van der Waals surface area contributed by atoms with E-state index in [0.717, 1.165) is 11.8 Å². The van der Waals surface area contributed by atoms with E-state index >= 15 is 0 Å². The van der Waals surface area contributed by atoms with E-state index in [2.05, 4.69) is 71.1 Å². The molecule has 0 aromatic heterocycles. The van der Waals surface area contributed by atoms with Gasteiger partial charge in [0.05, 0.1) is 0 Å². The Kier molecular flexibility index (Phi) is 5.14. The molecule has 1 heteroatoms. The minimum absolute atomic E-state index is 0.238. The third-order valence-corrected chi connectivity index (χ3v) is 5.26. The smallest absolute Gasteiger partial charge is 0.0294 e. The predicted molar refractivity (Wildman–Crippen MR) is 92.7 cm³/mol. The molecule has 1 saturated carbocycles. The maximum Gasteiger partial charge on any atom is 0.0294 e. The van der Waals surface area contributed by atoms with Gasteiger partial charge in [-0.3, -0.25) is 0 Å². The van der Waals surface area contributed by atoms with Crippen molar-refractivity contribution in [1.82, 2.24) is 5.32 Å². The zero-order valence-corrected chi connectivity index (χ0v) is 14.7. The van der Waals surface area contributed by atoms with Crippen molar-refractivity contribution in [2.75, 3.05) is 0 Å². The molecule has 0 saturated heterocycles. The van der Waals surface area contributed by atoms with Gasteiger partial charge in [-0.1, -0.05) is 65.3 Å². The van der Waals surface area contributed by atoms with Crippen LogP contribution in [0, 0.1) is 11.8 Å². The van der Waals surface area contributed by atoms with E-state index in [0.29, 0.717) is 12.1 Å². The summed E-state index contributed by atoms with van der Waals surface area (Å²) in [6, 6.07) is 10.3. The monoisotopic (exact) mass is 287 g/mol. The Bertz CT molecular complexity index is 430. The lowest BCUT2D eigenvalue weighted by molar-refractivity contribution is 0.196. The SMILES string of the molecule is CC(NC1C(C)CCCC1C)c1ccc(C(C)(C)C)cc1. The quantitative estimate of drug-likeness (QED) is 0.778. The maximum atomic E-state index is 3.89. The fourth-order valence-corrected chi connectivity index (χ4v) is 3.67. The lowest BCUT2D eigenvalue weighted by Gasteiger charge is -2.37. The van der Waals surface area contributed by atoms with E-state index in [9.17, 15) is 0 Å². The van der Waals surface area contributed by atoms with Crippen molar-refractivity contribution in [3.8, 4) is 0 Å². The maximum absolute atomic E-state index is 3.89. The van der Waals surface area contributed by atoms with E-state index in [4.69, 9.17) is 0 Å². The zero-order valence-electron chi connectivity index (χ0n) is 14.7. The Balaban J connectivity index is 2.04. The minimum Gasteiger partial charge on any atom is -0.307 e. The van der Waals surface area contributed by atoms with Gasteiger partial charge in [0.1, 0.15) is 0 Å². The fraction of sp³-hybridized carbons (Fsp3) is 0.700. The van der Waals surface area contributed by atoms with Crippen LogP contribution in [-0.4, -0.2) is 6.04 Å². The third-order valence-electron chi connectivity index (χ3n) is 5.26. The summed E-state index contributed by atoms with van der Waals surface area (Å²) in [4.78, 5) is 0. The largest absolute Gasteiger partial charge is 0.307 e. The molecule has 21 heavy (non-hydrogen) atoms. The molecule has 2 rings (SSSR count). The van der Waals surface area contributed by atoms with Crippen molar-refractivity contribution in [1.29, 1.82) is 0 Å². The lowest BCUT2D eigenvalue weighted by atomic mass is 9.78. The van der Waals surface area contributed by atoms with Crippen LogP contribution in [0.5, 0.6) is 0 Å². The Morgan fingerprint density at radius 2 is 1.52 bits per heavy atom. The molecule has 1 fully saturated rings. The molecule has 0 heterocycles. The molecule has 3 atom stereocenters. The highest BCUT2D eigenvalue weighted by Crippen LogP contribution is 2.31. The number of nitrogens with one attached hydrogen (secondary N) is 1. The highest BCUT2D eigenvalue weighted by molar-refractivity contribution is 5.29. The summed E-state index contributed by atoms with van der Waals surface area (Å²) in [6.45, 7) is 13.9. The number of benzene rings is 1. The van der Waals surface area contributed by atoms with Crippen LogP contribution in [0.25, 0.3) is 0 Å². The van der Waals surface area contributed by atoms with Crippen molar-refractivity contribution >= 4 is 0 Å². The molecule has 118 valence electrons. The van der Waals surface area contributed by atoms with Crippen molar-refractivity contribution in [3.05, 3.63) is 35.4 Å². The number of hydrogen-bond donors (Lipinski definition) is 1. The van der Waals surface area contributed by atoms with Crippen molar-refractivity contribution in [3.63, 3.8) is 0 Å². The summed E-state index contributed by atoms with van der Waals surface area (Å²) >= 11 is 0. The molecule has 0 bridgehead atoms. The van der Waals surface area contributed by atoms with Crippen LogP contribution in [0.2, 0.25) is 0 Å². The molecule has 3 unspecified atom stereocenters. The van der Waals surface area contributed by atoms with Crippen LogP contribution in [-0.2, 0) is 5.41 Å². The molecular formula is C20H33N. The topological polar surface area (TPSA) is 12.0 Å². The summed E-state index contributed by atoms with van der Waals surface area (Å²) < 4.78 is 0. The van der Waals surface area contributed by atoms with Crippen molar-refractivity contribution in [2.24, 2.45) is 11.8 Å². The molecular weight excluding hydrogens is 254 g/mol. The second-order valence-electron chi connectivity index (χ2n) is 8.17. The summed E-state index contributed by atoms with van der Waals surface area (Å²) in [6.07, 6.45) is 4.14. The molecule has 0 spiro atoms. The minimum atomic E-state index is 0.238. The summed E-state index contributed by atoms with van der Waals surface area (Å²) in [5.41, 5.74) is 3.06. The highest BCUT2D eigenvalue weighted by atomic mass is 15.0. The molecule has 1 N–H and O–H groups in total. The normalized spacial score (nSPS) is 28.4. The summed E-state index contributed by atoms with van der Waals surface area (Å²) in [7, 11) is 0. The molecule has 1 aromatic rings. The Morgan fingerprint density at radius 3 is 2.00 bits per heavy atom. The van der Waals surface area contributed by atoms with E-state index in [1.165, 1.54) is 30.4 Å². The fourth-order valence-electron chi connectivity index (χ4n) is 3.67. The number of rotatable bonds is 3. The third kappa shape index (κ3) is 4.10. The van der Waals surface area contributed by atoms with Gasteiger partial charge in [-0.2, -0.15) is 0 Å². The van der Waals surface area contributed by atoms with Crippen LogP contribution < -0.4 is 5.32 Å². The van der Waals surface area contributed by atoms with Gasteiger partial charge in [-0.15, -0.1) is 0 Å². The van der Waals surface area contributed by atoms with Crippen LogP contribution in [0.4, 0.5) is 0 Å². The highest BCUT2D eigenvalue weighted by Gasteiger charge is 2.28. The molecule has 1 aromatic carbocycles. The average molecular weight is 287 g/mol. The van der Waals surface area contributed by atoms with Gasteiger partial charge in [0.15, 0.2) is 0 Å². The van der Waals surface area contributed by atoms with E-state index in [1.54, 1.807) is 0 Å². The second kappa shape index (κ2) is 6.52. The lowest BCUT2D eigenvalue weighted by Crippen LogP contribution is -2.43. The molecule has 1 aliphatic carbocycles. The average Bonchev–Trinajstić information content (AvgIpc) is 2.42. The molecule has 0 radical (unpaired) electrons. The van der Waals surface area contributed by atoms with Gasteiger partial charge in [-0.05, 0) is 48.1 Å². The first kappa shape index (κ1) is 16.5. The van der Waals surface area contributed by atoms with Gasteiger partial charge in [0.2, 0.25) is 0 Å². The zero-order chi connectivity index (χ0) is 15.6.